The third-order valence-electron chi connectivity index (χ3n) is 2.62. The first kappa shape index (κ1) is 13.0. The summed E-state index contributed by atoms with van der Waals surface area (Å²) in [6, 6.07) is 14.8. The Bertz CT molecular complexity index is 591. The number of hydrogen-bond donors (Lipinski definition) is 1. The van der Waals surface area contributed by atoms with Gasteiger partial charge < -0.3 is 0 Å². The standard InChI is InChI=1S/C15H13FN2O/c1-11(12-7-9-14(16)10-8-12)17-18-15(19)13-5-3-2-4-6-13/h2-10H,1H3,(H,18,19). The van der Waals surface area contributed by atoms with E-state index >= 15 is 0 Å². The van der Waals surface area contributed by atoms with E-state index in [1.54, 1.807) is 43.3 Å². The summed E-state index contributed by atoms with van der Waals surface area (Å²) in [6.45, 7) is 1.75. The van der Waals surface area contributed by atoms with Gasteiger partial charge in [0.05, 0.1) is 5.71 Å². The molecule has 0 unspecified atom stereocenters. The van der Waals surface area contributed by atoms with Crippen molar-refractivity contribution in [2.24, 2.45) is 5.10 Å². The van der Waals surface area contributed by atoms with Gasteiger partial charge in [-0.3, -0.25) is 4.79 Å². The van der Waals surface area contributed by atoms with Crippen LogP contribution in [-0.4, -0.2) is 11.6 Å². The summed E-state index contributed by atoms with van der Waals surface area (Å²) < 4.78 is 12.8. The number of nitrogens with one attached hydrogen (secondary N) is 1. The molecule has 2 rings (SSSR count). The minimum atomic E-state index is -0.301. The van der Waals surface area contributed by atoms with Crippen molar-refractivity contribution >= 4 is 11.6 Å². The predicted octanol–water partition coefficient (Wildman–Crippen LogP) is 2.98. The number of benzene rings is 2. The van der Waals surface area contributed by atoms with Crippen LogP contribution in [0, 0.1) is 5.82 Å². The number of hydrogen-bond acceptors (Lipinski definition) is 2. The Morgan fingerprint density at radius 2 is 1.63 bits per heavy atom. The van der Waals surface area contributed by atoms with Gasteiger partial charge in [0.1, 0.15) is 5.82 Å². The zero-order valence-electron chi connectivity index (χ0n) is 10.4. The highest BCUT2D eigenvalue weighted by atomic mass is 19.1. The molecule has 4 heteroatoms. The van der Waals surface area contributed by atoms with E-state index in [4.69, 9.17) is 0 Å². The van der Waals surface area contributed by atoms with E-state index in [1.807, 2.05) is 6.07 Å². The first-order chi connectivity index (χ1) is 9.16. The molecule has 19 heavy (non-hydrogen) atoms. The van der Waals surface area contributed by atoms with Crippen LogP contribution in [0.15, 0.2) is 59.7 Å². The summed E-state index contributed by atoms with van der Waals surface area (Å²) in [4.78, 5) is 11.8. The average Bonchev–Trinajstić information content (AvgIpc) is 2.46. The molecule has 0 bridgehead atoms. The zero-order chi connectivity index (χ0) is 13.7. The molecule has 1 N–H and O–H groups in total. The summed E-state index contributed by atoms with van der Waals surface area (Å²) in [6.07, 6.45) is 0. The monoisotopic (exact) mass is 256 g/mol. The Kier molecular flexibility index (Phi) is 4.03. The fourth-order valence-corrected chi connectivity index (χ4v) is 1.54. The largest absolute Gasteiger partial charge is 0.271 e. The molecule has 0 spiro atoms. The lowest BCUT2D eigenvalue weighted by atomic mass is 10.1. The number of amides is 1. The average molecular weight is 256 g/mol. The minimum absolute atomic E-state index is 0.276. The van der Waals surface area contributed by atoms with Gasteiger partial charge in [0.25, 0.3) is 5.91 Å². The van der Waals surface area contributed by atoms with Crippen LogP contribution in [0.1, 0.15) is 22.8 Å². The Balaban J connectivity index is 2.06. The van der Waals surface area contributed by atoms with E-state index in [9.17, 15) is 9.18 Å². The number of halogens is 1. The van der Waals surface area contributed by atoms with Crippen LogP contribution < -0.4 is 5.43 Å². The Labute approximate surface area is 110 Å². The molecule has 2 aromatic carbocycles. The van der Waals surface area contributed by atoms with Crippen molar-refractivity contribution in [3.05, 3.63) is 71.5 Å². The van der Waals surface area contributed by atoms with E-state index < -0.39 is 0 Å². The van der Waals surface area contributed by atoms with Crippen LogP contribution in [0.25, 0.3) is 0 Å². The third kappa shape index (κ3) is 3.48. The van der Waals surface area contributed by atoms with Crippen LogP contribution in [0.4, 0.5) is 4.39 Å². The molecule has 0 saturated carbocycles. The maximum Gasteiger partial charge on any atom is 0.271 e. The maximum absolute atomic E-state index is 12.8. The lowest BCUT2D eigenvalue weighted by Gasteiger charge is -2.03. The van der Waals surface area contributed by atoms with Crippen molar-refractivity contribution < 1.29 is 9.18 Å². The highest BCUT2D eigenvalue weighted by Crippen LogP contribution is 2.04. The molecule has 0 aliphatic rings. The summed E-state index contributed by atoms with van der Waals surface area (Å²) in [5.41, 5.74) is 4.38. The van der Waals surface area contributed by atoms with Gasteiger partial charge in [-0.1, -0.05) is 30.3 Å². The fourth-order valence-electron chi connectivity index (χ4n) is 1.54. The van der Waals surface area contributed by atoms with E-state index in [2.05, 4.69) is 10.5 Å². The molecule has 96 valence electrons. The molecule has 0 aromatic heterocycles. The molecule has 1 amide bonds. The van der Waals surface area contributed by atoms with E-state index in [0.717, 1.165) is 5.56 Å². The van der Waals surface area contributed by atoms with Crippen LogP contribution in [0.2, 0.25) is 0 Å². The summed E-state index contributed by atoms with van der Waals surface area (Å²) in [7, 11) is 0. The van der Waals surface area contributed by atoms with E-state index in [0.29, 0.717) is 11.3 Å². The second-order valence-electron chi connectivity index (χ2n) is 4.01. The Morgan fingerprint density at radius 1 is 1.00 bits per heavy atom. The second kappa shape index (κ2) is 5.91. The zero-order valence-corrected chi connectivity index (χ0v) is 10.4. The predicted molar refractivity (Wildman–Crippen MR) is 72.5 cm³/mol. The lowest BCUT2D eigenvalue weighted by Crippen LogP contribution is -2.19. The number of hydrazone groups is 1. The number of carbonyl (C=O) groups is 1. The molecule has 0 atom stereocenters. The van der Waals surface area contributed by atoms with Crippen molar-refractivity contribution in [3.63, 3.8) is 0 Å². The molecular weight excluding hydrogens is 243 g/mol. The van der Waals surface area contributed by atoms with Gasteiger partial charge in [-0.15, -0.1) is 0 Å². The van der Waals surface area contributed by atoms with Gasteiger partial charge >= 0.3 is 0 Å². The van der Waals surface area contributed by atoms with Crippen molar-refractivity contribution in [2.75, 3.05) is 0 Å². The minimum Gasteiger partial charge on any atom is -0.267 e. The summed E-state index contributed by atoms with van der Waals surface area (Å²) in [5, 5.41) is 4.00. The molecular formula is C15H13FN2O. The number of nitrogens with zero attached hydrogens (tertiary/aromatic N) is 1. The maximum atomic E-state index is 12.8. The quantitative estimate of drug-likeness (QED) is 0.665. The number of rotatable bonds is 3. The third-order valence-corrected chi connectivity index (χ3v) is 2.62. The first-order valence-electron chi connectivity index (χ1n) is 5.82. The van der Waals surface area contributed by atoms with Crippen LogP contribution in [0.3, 0.4) is 0 Å². The van der Waals surface area contributed by atoms with Gasteiger partial charge in [-0.2, -0.15) is 5.10 Å². The highest BCUT2D eigenvalue weighted by Gasteiger charge is 2.03. The number of carbonyl (C=O) groups excluding carboxylic acids is 1. The first-order valence-corrected chi connectivity index (χ1v) is 5.82. The fraction of sp³-hybridized carbons (Fsp3) is 0.0667. The van der Waals surface area contributed by atoms with Crippen LogP contribution in [-0.2, 0) is 0 Å². The SMILES string of the molecule is CC(=NNC(=O)c1ccccc1)c1ccc(F)cc1. The van der Waals surface area contributed by atoms with Crippen molar-refractivity contribution in [1.29, 1.82) is 0 Å². The molecule has 0 heterocycles. The topological polar surface area (TPSA) is 41.5 Å². The molecule has 2 aromatic rings. The van der Waals surface area contributed by atoms with Gasteiger partial charge in [0, 0.05) is 5.56 Å². The smallest absolute Gasteiger partial charge is 0.267 e. The normalized spacial score (nSPS) is 11.2. The van der Waals surface area contributed by atoms with Gasteiger partial charge in [-0.25, -0.2) is 9.82 Å². The summed E-state index contributed by atoms with van der Waals surface area (Å²) in [5.74, 6) is -0.577. The molecule has 3 nitrogen and oxygen atoms in total. The lowest BCUT2D eigenvalue weighted by molar-refractivity contribution is 0.0955. The molecule has 0 fully saturated rings. The molecule has 0 aliphatic heterocycles. The Hall–Kier alpha value is -2.49. The van der Waals surface area contributed by atoms with Crippen LogP contribution in [0.5, 0.6) is 0 Å². The summed E-state index contributed by atoms with van der Waals surface area (Å²) >= 11 is 0. The van der Waals surface area contributed by atoms with Crippen molar-refractivity contribution in [2.45, 2.75) is 6.92 Å². The van der Waals surface area contributed by atoms with Crippen LogP contribution >= 0.6 is 0 Å². The second-order valence-corrected chi connectivity index (χ2v) is 4.01. The Morgan fingerprint density at radius 3 is 2.26 bits per heavy atom. The van der Waals surface area contributed by atoms with Gasteiger partial charge in [0.2, 0.25) is 0 Å². The highest BCUT2D eigenvalue weighted by molar-refractivity contribution is 6.00. The van der Waals surface area contributed by atoms with Gasteiger partial charge in [0.15, 0.2) is 0 Å². The van der Waals surface area contributed by atoms with E-state index in [1.165, 1.54) is 12.1 Å². The van der Waals surface area contributed by atoms with Crippen molar-refractivity contribution in [3.8, 4) is 0 Å². The molecule has 0 radical (unpaired) electrons. The van der Waals surface area contributed by atoms with Gasteiger partial charge in [-0.05, 0) is 36.8 Å². The van der Waals surface area contributed by atoms with E-state index in [-0.39, 0.29) is 11.7 Å². The molecule has 0 saturated heterocycles. The van der Waals surface area contributed by atoms with Crippen molar-refractivity contribution in [1.82, 2.24) is 5.43 Å². The molecule has 0 aliphatic carbocycles.